The van der Waals surface area contributed by atoms with Gasteiger partial charge in [0.15, 0.2) is 0 Å². The van der Waals surface area contributed by atoms with E-state index in [-0.39, 0.29) is 6.61 Å². The van der Waals surface area contributed by atoms with Crippen molar-refractivity contribution in [1.82, 2.24) is 4.90 Å². The Balaban J connectivity index is 1.73. The topological polar surface area (TPSA) is 23.5 Å². The average molecular weight is 342 g/mol. The number of halogens is 2. The molecule has 21 heavy (non-hydrogen) atoms. The first-order valence-corrected chi connectivity index (χ1v) is 8.66. The average Bonchev–Trinajstić information content (AvgIpc) is 3.10. The molecule has 0 radical (unpaired) electrons. The Morgan fingerprint density at radius 2 is 2.10 bits per heavy atom. The Morgan fingerprint density at radius 3 is 2.76 bits per heavy atom. The van der Waals surface area contributed by atoms with Crippen LogP contribution >= 0.6 is 34.5 Å². The maximum absolute atomic E-state index is 9.64. The molecule has 0 spiro atoms. The lowest BCUT2D eigenvalue weighted by Gasteiger charge is -2.16. The maximum Gasteiger partial charge on any atom is 0.0477 e. The van der Waals surface area contributed by atoms with E-state index in [1.165, 1.54) is 5.56 Å². The third-order valence-corrected chi connectivity index (χ3v) is 5.42. The normalized spacial score (nSPS) is 22.8. The van der Waals surface area contributed by atoms with E-state index in [2.05, 4.69) is 21.7 Å². The van der Waals surface area contributed by atoms with Crippen molar-refractivity contribution in [2.24, 2.45) is 5.92 Å². The van der Waals surface area contributed by atoms with Crippen molar-refractivity contribution in [2.45, 2.75) is 12.5 Å². The van der Waals surface area contributed by atoms with Crippen LogP contribution in [0.3, 0.4) is 0 Å². The molecule has 1 aliphatic rings. The zero-order valence-corrected chi connectivity index (χ0v) is 13.8. The summed E-state index contributed by atoms with van der Waals surface area (Å²) < 4.78 is 0. The van der Waals surface area contributed by atoms with Crippen LogP contribution in [0.1, 0.15) is 17.0 Å². The van der Waals surface area contributed by atoms with E-state index in [9.17, 15) is 5.11 Å². The summed E-state index contributed by atoms with van der Waals surface area (Å²) in [6.07, 6.45) is 0. The molecule has 0 aliphatic carbocycles. The smallest absolute Gasteiger partial charge is 0.0477 e. The van der Waals surface area contributed by atoms with Gasteiger partial charge in [-0.3, -0.25) is 4.90 Å². The van der Waals surface area contributed by atoms with Crippen molar-refractivity contribution < 1.29 is 5.11 Å². The van der Waals surface area contributed by atoms with E-state index in [4.69, 9.17) is 23.2 Å². The maximum atomic E-state index is 9.64. The third-order valence-electron chi connectivity index (χ3n) is 4.13. The van der Waals surface area contributed by atoms with Gasteiger partial charge < -0.3 is 5.11 Å². The molecule has 0 saturated carbocycles. The van der Waals surface area contributed by atoms with Crippen LogP contribution in [0.25, 0.3) is 0 Å². The molecule has 1 fully saturated rings. The first-order valence-electron chi connectivity index (χ1n) is 6.96. The van der Waals surface area contributed by atoms with Gasteiger partial charge in [-0.05, 0) is 40.1 Å². The fraction of sp³-hybridized carbons (Fsp3) is 0.375. The molecule has 0 bridgehead atoms. The van der Waals surface area contributed by atoms with Crippen LogP contribution in [0.5, 0.6) is 0 Å². The zero-order valence-electron chi connectivity index (χ0n) is 11.5. The third kappa shape index (κ3) is 3.43. The Kier molecular flexibility index (Phi) is 4.87. The molecular formula is C16H17Cl2NOS. The van der Waals surface area contributed by atoms with Crippen molar-refractivity contribution in [1.29, 1.82) is 0 Å². The predicted molar refractivity (Wildman–Crippen MR) is 89.4 cm³/mol. The highest BCUT2D eigenvalue weighted by molar-refractivity contribution is 7.08. The minimum atomic E-state index is 0.228. The van der Waals surface area contributed by atoms with Crippen molar-refractivity contribution in [3.8, 4) is 0 Å². The van der Waals surface area contributed by atoms with Crippen LogP contribution in [0.4, 0.5) is 0 Å². The van der Waals surface area contributed by atoms with E-state index < -0.39 is 0 Å². The van der Waals surface area contributed by atoms with Crippen LogP contribution in [0.15, 0.2) is 35.0 Å². The number of aliphatic hydroxyl groups is 1. The van der Waals surface area contributed by atoms with Crippen LogP contribution < -0.4 is 0 Å². The number of nitrogens with zero attached hydrogens (tertiary/aromatic N) is 1. The van der Waals surface area contributed by atoms with Gasteiger partial charge in [0, 0.05) is 48.1 Å². The van der Waals surface area contributed by atoms with Gasteiger partial charge in [0.25, 0.3) is 0 Å². The summed E-state index contributed by atoms with van der Waals surface area (Å²) in [5, 5.41) is 15.3. The van der Waals surface area contributed by atoms with E-state index >= 15 is 0 Å². The fourth-order valence-electron chi connectivity index (χ4n) is 3.03. The number of rotatable bonds is 4. The molecule has 0 unspecified atom stereocenters. The number of thiophene rings is 1. The lowest BCUT2D eigenvalue weighted by Crippen LogP contribution is -2.21. The molecular weight excluding hydrogens is 325 g/mol. The second kappa shape index (κ2) is 6.67. The molecule has 2 nitrogen and oxygen atoms in total. The molecule has 2 heterocycles. The van der Waals surface area contributed by atoms with E-state index in [1.54, 1.807) is 17.4 Å². The quantitative estimate of drug-likeness (QED) is 0.897. The number of aliphatic hydroxyl groups excluding tert-OH is 1. The molecule has 1 N–H and O–H groups in total. The van der Waals surface area contributed by atoms with Crippen LogP contribution in [-0.2, 0) is 6.54 Å². The first kappa shape index (κ1) is 15.3. The predicted octanol–water partition coefficient (Wildman–Crippen LogP) is 4.26. The van der Waals surface area contributed by atoms with Crippen molar-refractivity contribution >= 4 is 34.5 Å². The number of benzene rings is 1. The van der Waals surface area contributed by atoms with E-state index in [0.717, 1.165) is 25.2 Å². The minimum absolute atomic E-state index is 0.228. The highest BCUT2D eigenvalue weighted by atomic mass is 35.5. The van der Waals surface area contributed by atoms with Crippen LogP contribution in [-0.4, -0.2) is 29.7 Å². The van der Waals surface area contributed by atoms with Gasteiger partial charge in [-0.1, -0.05) is 29.3 Å². The summed E-state index contributed by atoms with van der Waals surface area (Å²) >= 11 is 13.9. The minimum Gasteiger partial charge on any atom is -0.396 e. The van der Waals surface area contributed by atoms with Gasteiger partial charge in [0.1, 0.15) is 0 Å². The van der Waals surface area contributed by atoms with Crippen LogP contribution in [0.2, 0.25) is 10.0 Å². The summed E-state index contributed by atoms with van der Waals surface area (Å²) in [5.74, 6) is 0.706. The molecule has 1 saturated heterocycles. The van der Waals surface area contributed by atoms with Gasteiger partial charge >= 0.3 is 0 Å². The number of hydrogen-bond donors (Lipinski definition) is 1. The summed E-state index contributed by atoms with van der Waals surface area (Å²) in [7, 11) is 0. The van der Waals surface area contributed by atoms with Gasteiger partial charge in [-0.15, -0.1) is 0 Å². The summed E-state index contributed by atoms with van der Waals surface area (Å²) in [6, 6.07) is 7.81. The highest BCUT2D eigenvalue weighted by Gasteiger charge is 2.33. The Labute approximate surface area is 138 Å². The standard InChI is InChI=1S/C16H17Cl2NOS/c17-14-2-1-11(16(18)5-14)6-19-7-13(9-20)15(8-19)12-3-4-21-10-12/h1-5,10,13,15,20H,6-9H2/t13-,15-/m1/s1. The molecule has 3 rings (SSSR count). The summed E-state index contributed by atoms with van der Waals surface area (Å²) in [6.45, 7) is 2.88. The Hall–Kier alpha value is -0.580. The molecule has 112 valence electrons. The molecule has 1 aromatic carbocycles. The Morgan fingerprint density at radius 1 is 1.24 bits per heavy atom. The second-order valence-corrected chi connectivity index (χ2v) is 7.16. The van der Waals surface area contributed by atoms with Crippen molar-refractivity contribution in [2.75, 3.05) is 19.7 Å². The Bertz CT molecular complexity index is 602. The first-order chi connectivity index (χ1) is 10.2. The molecule has 5 heteroatoms. The largest absolute Gasteiger partial charge is 0.396 e. The second-order valence-electron chi connectivity index (χ2n) is 5.54. The lowest BCUT2D eigenvalue weighted by molar-refractivity contribution is 0.214. The zero-order chi connectivity index (χ0) is 14.8. The number of likely N-dealkylation sites (tertiary alicyclic amines) is 1. The summed E-state index contributed by atoms with van der Waals surface area (Å²) in [5.41, 5.74) is 2.42. The van der Waals surface area contributed by atoms with E-state index in [1.807, 2.05) is 12.1 Å². The number of hydrogen-bond acceptors (Lipinski definition) is 3. The lowest BCUT2D eigenvalue weighted by atomic mass is 9.92. The van der Waals surface area contributed by atoms with Crippen molar-refractivity contribution in [3.63, 3.8) is 0 Å². The van der Waals surface area contributed by atoms with Gasteiger partial charge in [0.05, 0.1) is 0 Å². The fourth-order valence-corrected chi connectivity index (χ4v) is 4.22. The SMILES string of the molecule is OC[C@H]1CN(Cc2ccc(Cl)cc2Cl)C[C@@H]1c1ccsc1. The van der Waals surface area contributed by atoms with Gasteiger partial charge in [0.2, 0.25) is 0 Å². The molecule has 2 aromatic rings. The monoisotopic (exact) mass is 341 g/mol. The summed E-state index contributed by atoms with van der Waals surface area (Å²) in [4.78, 5) is 2.36. The molecule has 0 amide bonds. The van der Waals surface area contributed by atoms with Gasteiger partial charge in [-0.25, -0.2) is 0 Å². The highest BCUT2D eigenvalue weighted by Crippen LogP contribution is 2.35. The van der Waals surface area contributed by atoms with Gasteiger partial charge in [-0.2, -0.15) is 11.3 Å². The molecule has 1 aromatic heterocycles. The molecule has 2 atom stereocenters. The molecule has 1 aliphatic heterocycles. The van der Waals surface area contributed by atoms with Crippen molar-refractivity contribution in [3.05, 3.63) is 56.2 Å². The van der Waals surface area contributed by atoms with E-state index in [0.29, 0.717) is 21.9 Å². The van der Waals surface area contributed by atoms with Crippen LogP contribution in [0, 0.1) is 5.92 Å².